The molecule has 0 radical (unpaired) electrons. The molecule has 1 atom stereocenters. The lowest BCUT2D eigenvalue weighted by atomic mass is 10.2. The summed E-state index contributed by atoms with van der Waals surface area (Å²) < 4.78 is 33.6. The Kier molecular flexibility index (Phi) is 4.85. The van der Waals surface area contributed by atoms with Crippen LogP contribution in [-0.4, -0.2) is 72.9 Å². The van der Waals surface area contributed by atoms with E-state index in [9.17, 15) is 18.0 Å². The van der Waals surface area contributed by atoms with Crippen molar-refractivity contribution >= 4 is 21.8 Å². The average Bonchev–Trinajstić information content (AvgIpc) is 3.24. The maximum Gasteiger partial charge on any atom is 0.265 e. The second-order valence-electron chi connectivity index (χ2n) is 6.27. The van der Waals surface area contributed by atoms with Gasteiger partial charge < -0.3 is 19.9 Å². The maximum atomic E-state index is 12.7. The van der Waals surface area contributed by atoms with E-state index in [-0.39, 0.29) is 29.6 Å². The van der Waals surface area contributed by atoms with E-state index in [0.29, 0.717) is 19.7 Å². The summed E-state index contributed by atoms with van der Waals surface area (Å²) in [6.45, 7) is 1.67. The van der Waals surface area contributed by atoms with Gasteiger partial charge in [-0.1, -0.05) is 0 Å². The largest absolute Gasteiger partial charge is 0.368 e. The molecular weight excluding hydrogens is 348 g/mol. The van der Waals surface area contributed by atoms with Crippen LogP contribution in [0.3, 0.4) is 0 Å². The molecule has 25 heavy (non-hydrogen) atoms. The van der Waals surface area contributed by atoms with Gasteiger partial charge in [-0.05, 0) is 18.9 Å². The number of ether oxygens (including phenoxy) is 1. The first-order valence-corrected chi connectivity index (χ1v) is 9.61. The van der Waals surface area contributed by atoms with Crippen LogP contribution in [-0.2, 0) is 26.6 Å². The minimum absolute atomic E-state index is 0.0303. The van der Waals surface area contributed by atoms with Crippen LogP contribution in [0.25, 0.3) is 0 Å². The lowest BCUT2D eigenvalue weighted by Gasteiger charge is -2.34. The Balaban J connectivity index is 1.68. The van der Waals surface area contributed by atoms with Gasteiger partial charge in [0.05, 0.1) is 0 Å². The lowest BCUT2D eigenvalue weighted by Crippen LogP contribution is -2.52. The first-order chi connectivity index (χ1) is 11.8. The fraction of sp³-hybridized carbons (Fsp3) is 0.600. The number of aryl methyl sites for hydroxylation is 1. The van der Waals surface area contributed by atoms with E-state index in [1.807, 2.05) is 0 Å². The van der Waals surface area contributed by atoms with Crippen molar-refractivity contribution in [3.8, 4) is 0 Å². The van der Waals surface area contributed by atoms with Crippen molar-refractivity contribution in [1.29, 1.82) is 0 Å². The molecule has 0 aromatic carbocycles. The predicted octanol–water partition coefficient (Wildman–Crippen LogP) is -0.864. The number of nitrogens with two attached hydrogens (primary N) is 1. The second kappa shape index (κ2) is 6.77. The molecule has 2 aliphatic heterocycles. The van der Waals surface area contributed by atoms with Crippen LogP contribution in [0, 0.1) is 0 Å². The van der Waals surface area contributed by atoms with Gasteiger partial charge in [0, 0.05) is 46.0 Å². The Morgan fingerprint density at radius 1 is 1.24 bits per heavy atom. The van der Waals surface area contributed by atoms with Gasteiger partial charge in [0.1, 0.15) is 16.7 Å². The first kappa shape index (κ1) is 17.9. The molecule has 3 rings (SSSR count). The molecule has 2 aliphatic rings. The molecule has 0 aliphatic carbocycles. The summed E-state index contributed by atoms with van der Waals surface area (Å²) in [5, 5.41) is 0. The molecule has 0 bridgehead atoms. The zero-order valence-electron chi connectivity index (χ0n) is 14.1. The smallest absolute Gasteiger partial charge is 0.265 e. The van der Waals surface area contributed by atoms with Crippen LogP contribution in [0.5, 0.6) is 0 Å². The number of amides is 2. The second-order valence-corrected chi connectivity index (χ2v) is 8.21. The van der Waals surface area contributed by atoms with Crippen LogP contribution in [0.4, 0.5) is 0 Å². The molecule has 1 aromatic heterocycles. The molecule has 1 aromatic rings. The standard InChI is InChI=1S/C15H22N4O5S/c1-17-10-11(9-12(17)14(16)20)25(22,23)19-6-4-18(5-7-19)15(21)13-3-2-8-24-13/h9-10,13H,2-8H2,1H3,(H2,16,20)/t13-/m0/s1. The summed E-state index contributed by atoms with van der Waals surface area (Å²) in [5.74, 6) is -0.749. The van der Waals surface area contributed by atoms with Gasteiger partial charge in [-0.2, -0.15) is 4.31 Å². The maximum absolute atomic E-state index is 12.7. The fourth-order valence-corrected chi connectivity index (χ4v) is 4.69. The first-order valence-electron chi connectivity index (χ1n) is 8.17. The number of carbonyl (C=O) groups excluding carboxylic acids is 2. The summed E-state index contributed by atoms with van der Waals surface area (Å²) in [6, 6.07) is 1.28. The minimum Gasteiger partial charge on any atom is -0.368 e. The molecule has 9 nitrogen and oxygen atoms in total. The van der Waals surface area contributed by atoms with Crippen molar-refractivity contribution < 1.29 is 22.7 Å². The Hall–Kier alpha value is -1.91. The number of hydrogen-bond donors (Lipinski definition) is 1. The van der Waals surface area contributed by atoms with Gasteiger partial charge in [-0.15, -0.1) is 0 Å². The Bertz CT molecular complexity index is 774. The third-order valence-electron chi connectivity index (χ3n) is 4.63. The number of sulfonamides is 1. The van der Waals surface area contributed by atoms with Crippen molar-refractivity contribution in [2.75, 3.05) is 32.8 Å². The molecule has 3 heterocycles. The van der Waals surface area contributed by atoms with Crippen molar-refractivity contribution in [2.24, 2.45) is 12.8 Å². The highest BCUT2D eigenvalue weighted by Gasteiger charge is 2.34. The van der Waals surface area contributed by atoms with Crippen LogP contribution in [0.1, 0.15) is 23.3 Å². The zero-order chi connectivity index (χ0) is 18.2. The number of nitrogens with zero attached hydrogens (tertiary/aromatic N) is 3. The van der Waals surface area contributed by atoms with Crippen LogP contribution in [0.15, 0.2) is 17.2 Å². The molecule has 2 N–H and O–H groups in total. The Labute approximate surface area is 146 Å². The van der Waals surface area contributed by atoms with E-state index in [0.717, 1.165) is 12.8 Å². The topological polar surface area (TPSA) is 115 Å². The molecule has 0 unspecified atom stereocenters. The summed E-state index contributed by atoms with van der Waals surface area (Å²) in [7, 11) is -2.16. The number of hydrogen-bond acceptors (Lipinski definition) is 5. The van der Waals surface area contributed by atoms with E-state index in [1.54, 1.807) is 11.9 Å². The molecule has 0 spiro atoms. The Morgan fingerprint density at radius 2 is 1.92 bits per heavy atom. The summed E-state index contributed by atoms with van der Waals surface area (Å²) in [4.78, 5) is 25.3. The van der Waals surface area contributed by atoms with Gasteiger partial charge in [-0.25, -0.2) is 8.42 Å². The summed E-state index contributed by atoms with van der Waals surface area (Å²) >= 11 is 0. The van der Waals surface area contributed by atoms with E-state index in [4.69, 9.17) is 10.5 Å². The molecule has 2 fully saturated rings. The molecule has 10 heteroatoms. The third kappa shape index (κ3) is 3.42. The van der Waals surface area contributed by atoms with Crippen LogP contribution >= 0.6 is 0 Å². The monoisotopic (exact) mass is 370 g/mol. The van der Waals surface area contributed by atoms with E-state index in [2.05, 4.69) is 0 Å². The highest BCUT2D eigenvalue weighted by Crippen LogP contribution is 2.21. The molecular formula is C15H22N4O5S. The highest BCUT2D eigenvalue weighted by atomic mass is 32.2. The van der Waals surface area contributed by atoms with E-state index < -0.39 is 22.0 Å². The number of rotatable bonds is 4. The van der Waals surface area contributed by atoms with Gasteiger partial charge in [0.25, 0.3) is 11.8 Å². The number of carbonyl (C=O) groups is 2. The highest BCUT2D eigenvalue weighted by molar-refractivity contribution is 7.89. The summed E-state index contributed by atoms with van der Waals surface area (Å²) in [5.41, 5.74) is 5.37. The molecule has 2 amide bonds. The van der Waals surface area contributed by atoms with Crippen LogP contribution < -0.4 is 5.73 Å². The zero-order valence-corrected chi connectivity index (χ0v) is 14.9. The minimum atomic E-state index is -3.73. The van der Waals surface area contributed by atoms with Crippen molar-refractivity contribution in [2.45, 2.75) is 23.8 Å². The molecule has 2 saturated heterocycles. The summed E-state index contributed by atoms with van der Waals surface area (Å²) in [6.07, 6.45) is 2.58. The van der Waals surface area contributed by atoms with Gasteiger partial charge in [0.2, 0.25) is 10.0 Å². The number of primary amides is 1. The Morgan fingerprint density at radius 3 is 2.44 bits per heavy atom. The van der Waals surface area contributed by atoms with Crippen molar-refractivity contribution in [1.82, 2.24) is 13.8 Å². The lowest BCUT2D eigenvalue weighted by molar-refractivity contribution is -0.142. The van der Waals surface area contributed by atoms with Gasteiger partial charge in [0.15, 0.2) is 0 Å². The molecule has 0 saturated carbocycles. The number of piperazine rings is 1. The number of aromatic nitrogens is 1. The van der Waals surface area contributed by atoms with Crippen molar-refractivity contribution in [3.05, 3.63) is 18.0 Å². The van der Waals surface area contributed by atoms with Crippen molar-refractivity contribution in [3.63, 3.8) is 0 Å². The predicted molar refractivity (Wildman–Crippen MR) is 88.2 cm³/mol. The van der Waals surface area contributed by atoms with E-state index in [1.165, 1.54) is 21.1 Å². The quantitative estimate of drug-likeness (QED) is 0.740. The SMILES string of the molecule is Cn1cc(S(=O)(=O)N2CCN(C(=O)[C@@H]3CCCO3)CC2)cc1C(N)=O. The van der Waals surface area contributed by atoms with Crippen LogP contribution in [0.2, 0.25) is 0 Å². The van der Waals surface area contributed by atoms with Gasteiger partial charge in [-0.3, -0.25) is 9.59 Å². The normalized spacial score (nSPS) is 22.3. The van der Waals surface area contributed by atoms with Gasteiger partial charge >= 0.3 is 0 Å². The average molecular weight is 370 g/mol. The fourth-order valence-electron chi connectivity index (χ4n) is 3.19. The molecule has 138 valence electrons. The third-order valence-corrected chi connectivity index (χ3v) is 6.49. The van der Waals surface area contributed by atoms with E-state index >= 15 is 0 Å².